The normalized spacial score (nSPS) is 26.1. The Hall–Kier alpha value is -2.08. The average Bonchev–Trinajstić information content (AvgIpc) is 3.10. The van der Waals surface area contributed by atoms with E-state index in [9.17, 15) is 9.59 Å². The second-order valence-corrected chi connectivity index (χ2v) is 8.89. The fourth-order valence-corrected chi connectivity index (χ4v) is 5.05. The molecule has 0 saturated carbocycles. The van der Waals surface area contributed by atoms with Gasteiger partial charge in [0.2, 0.25) is 11.8 Å². The van der Waals surface area contributed by atoms with Gasteiger partial charge in [-0.05, 0) is 51.2 Å². The number of hydrogen-bond donors (Lipinski definition) is 0. The lowest BCUT2D eigenvalue weighted by molar-refractivity contribution is -0.141. The Labute approximate surface area is 173 Å². The number of rotatable bonds is 6. The maximum absolute atomic E-state index is 12.6. The highest BCUT2D eigenvalue weighted by molar-refractivity contribution is 5.85. The van der Waals surface area contributed by atoms with Crippen molar-refractivity contribution in [3.8, 4) is 5.75 Å². The van der Waals surface area contributed by atoms with Gasteiger partial charge in [-0.2, -0.15) is 0 Å². The Balaban J connectivity index is 1.32. The summed E-state index contributed by atoms with van der Waals surface area (Å²) in [6.07, 6.45) is 3.69. The molecule has 0 N–H and O–H groups in total. The largest absolute Gasteiger partial charge is 0.487 e. The molecule has 2 atom stereocenters. The molecule has 3 saturated heterocycles. The van der Waals surface area contributed by atoms with E-state index in [1.54, 1.807) is 4.90 Å². The van der Waals surface area contributed by atoms with E-state index in [4.69, 9.17) is 4.74 Å². The summed E-state index contributed by atoms with van der Waals surface area (Å²) < 4.78 is 6.30. The van der Waals surface area contributed by atoms with Crippen molar-refractivity contribution in [1.82, 2.24) is 14.7 Å². The molecule has 3 aliphatic rings. The smallest absolute Gasteiger partial charge is 0.242 e. The summed E-state index contributed by atoms with van der Waals surface area (Å²) in [7, 11) is 0. The monoisotopic (exact) mass is 399 g/mol. The molecule has 0 aliphatic carbocycles. The number of ether oxygens (including phenoxy) is 1. The number of amides is 2. The quantitative estimate of drug-likeness (QED) is 0.737. The molecule has 0 aromatic heterocycles. The third-order valence-corrected chi connectivity index (χ3v) is 6.72. The molecule has 2 unspecified atom stereocenters. The van der Waals surface area contributed by atoms with Crippen LogP contribution in [0.1, 0.15) is 39.5 Å². The number of piperidine rings is 1. The number of para-hydroxylation sites is 1. The van der Waals surface area contributed by atoms with E-state index < -0.39 is 0 Å². The number of hydrogen-bond acceptors (Lipinski definition) is 4. The van der Waals surface area contributed by atoms with Gasteiger partial charge < -0.3 is 14.5 Å². The van der Waals surface area contributed by atoms with Gasteiger partial charge in [-0.25, -0.2) is 0 Å². The van der Waals surface area contributed by atoms with E-state index in [2.05, 4.69) is 18.7 Å². The summed E-state index contributed by atoms with van der Waals surface area (Å²) in [5.74, 6) is 1.70. The van der Waals surface area contributed by atoms with Crippen LogP contribution < -0.4 is 4.74 Å². The molecular formula is C23H33N3O3. The zero-order valence-electron chi connectivity index (χ0n) is 17.6. The topological polar surface area (TPSA) is 53.1 Å². The molecule has 158 valence electrons. The maximum atomic E-state index is 12.6. The van der Waals surface area contributed by atoms with Crippen LogP contribution in [0.3, 0.4) is 0 Å². The van der Waals surface area contributed by atoms with Crippen LogP contribution >= 0.6 is 0 Å². The van der Waals surface area contributed by atoms with Crippen LogP contribution in [-0.4, -0.2) is 77.4 Å². The van der Waals surface area contributed by atoms with Gasteiger partial charge in [0, 0.05) is 38.6 Å². The Kier molecular flexibility index (Phi) is 6.09. The Morgan fingerprint density at radius 1 is 1.14 bits per heavy atom. The summed E-state index contributed by atoms with van der Waals surface area (Å²) >= 11 is 0. The van der Waals surface area contributed by atoms with E-state index in [-0.39, 0.29) is 24.5 Å². The van der Waals surface area contributed by atoms with Gasteiger partial charge in [-0.1, -0.05) is 18.2 Å². The molecule has 1 aromatic carbocycles. The average molecular weight is 400 g/mol. The lowest BCUT2D eigenvalue weighted by Crippen LogP contribution is -2.68. The summed E-state index contributed by atoms with van der Waals surface area (Å²) in [4.78, 5) is 30.6. The Morgan fingerprint density at radius 2 is 1.86 bits per heavy atom. The van der Waals surface area contributed by atoms with E-state index in [1.807, 2.05) is 35.2 Å². The molecule has 4 rings (SSSR count). The van der Waals surface area contributed by atoms with Crippen LogP contribution in [0.15, 0.2) is 30.3 Å². The first-order valence-electron chi connectivity index (χ1n) is 11.1. The number of likely N-dealkylation sites (tertiary alicyclic amines) is 3. The molecule has 29 heavy (non-hydrogen) atoms. The van der Waals surface area contributed by atoms with Gasteiger partial charge in [-0.15, -0.1) is 0 Å². The van der Waals surface area contributed by atoms with E-state index in [1.165, 1.54) is 0 Å². The number of carbonyl (C=O) groups excluding carboxylic acids is 2. The van der Waals surface area contributed by atoms with Crippen molar-refractivity contribution < 1.29 is 14.3 Å². The molecular weight excluding hydrogens is 366 g/mol. The number of nitrogens with zero attached hydrogens (tertiary/aromatic N) is 3. The van der Waals surface area contributed by atoms with Crippen molar-refractivity contribution in [3.05, 3.63) is 30.3 Å². The van der Waals surface area contributed by atoms with Crippen LogP contribution in [0.2, 0.25) is 0 Å². The van der Waals surface area contributed by atoms with Crippen LogP contribution in [-0.2, 0) is 9.59 Å². The van der Waals surface area contributed by atoms with Crippen LogP contribution in [0.5, 0.6) is 5.75 Å². The van der Waals surface area contributed by atoms with Gasteiger partial charge in [0.25, 0.3) is 0 Å². The van der Waals surface area contributed by atoms with Crippen LogP contribution in [0.4, 0.5) is 0 Å². The Bertz CT molecular complexity index is 715. The number of benzene rings is 1. The maximum Gasteiger partial charge on any atom is 0.242 e. The molecule has 0 bridgehead atoms. The summed E-state index contributed by atoms with van der Waals surface area (Å²) in [6.45, 7) is 8.01. The lowest BCUT2D eigenvalue weighted by Gasteiger charge is -2.54. The molecule has 0 spiro atoms. The fraction of sp³-hybridized carbons (Fsp3) is 0.652. The molecule has 1 aromatic rings. The van der Waals surface area contributed by atoms with E-state index in [0.717, 1.165) is 51.2 Å². The molecule has 0 radical (unpaired) electrons. The molecule has 3 heterocycles. The van der Waals surface area contributed by atoms with Crippen molar-refractivity contribution >= 4 is 11.8 Å². The SMILES string of the molecule is CC(C)N1CC(Oc2ccccc2)C1C1CCN(C(=O)CN2CCCC2=O)CC1. The second kappa shape index (κ2) is 8.74. The predicted molar refractivity (Wildman–Crippen MR) is 112 cm³/mol. The minimum atomic E-state index is 0.102. The van der Waals surface area contributed by atoms with Gasteiger partial charge in [0.05, 0.1) is 12.6 Å². The summed E-state index contributed by atoms with van der Waals surface area (Å²) in [5.41, 5.74) is 0. The van der Waals surface area contributed by atoms with Crippen molar-refractivity contribution in [2.75, 3.05) is 32.7 Å². The third kappa shape index (κ3) is 4.42. The standard InChI is InChI=1S/C23H33N3O3/c1-17(2)26-15-20(29-19-7-4-3-5-8-19)23(26)18-10-13-24(14-11-18)22(28)16-25-12-6-9-21(25)27/h3-5,7-8,17-18,20,23H,6,9-16H2,1-2H3. The molecule has 6 heteroatoms. The van der Waals surface area contributed by atoms with Crippen molar-refractivity contribution in [1.29, 1.82) is 0 Å². The van der Waals surface area contributed by atoms with Crippen molar-refractivity contribution in [3.63, 3.8) is 0 Å². The Morgan fingerprint density at radius 3 is 2.48 bits per heavy atom. The number of carbonyl (C=O) groups is 2. The van der Waals surface area contributed by atoms with Gasteiger partial charge in [0.1, 0.15) is 11.9 Å². The summed E-state index contributed by atoms with van der Waals surface area (Å²) in [5, 5.41) is 0. The highest BCUT2D eigenvalue weighted by Crippen LogP contribution is 2.36. The summed E-state index contributed by atoms with van der Waals surface area (Å²) in [6, 6.07) is 11.0. The zero-order valence-corrected chi connectivity index (χ0v) is 17.6. The predicted octanol–water partition coefficient (Wildman–Crippen LogP) is 2.39. The lowest BCUT2D eigenvalue weighted by atomic mass is 9.79. The second-order valence-electron chi connectivity index (χ2n) is 8.89. The first kappa shape index (κ1) is 20.2. The van der Waals surface area contributed by atoms with Gasteiger partial charge >= 0.3 is 0 Å². The van der Waals surface area contributed by atoms with Crippen molar-refractivity contribution in [2.24, 2.45) is 5.92 Å². The minimum absolute atomic E-state index is 0.102. The van der Waals surface area contributed by atoms with E-state index in [0.29, 0.717) is 24.4 Å². The highest BCUT2D eigenvalue weighted by Gasteiger charge is 2.47. The molecule has 2 amide bonds. The molecule has 3 fully saturated rings. The van der Waals surface area contributed by atoms with E-state index >= 15 is 0 Å². The first-order chi connectivity index (χ1) is 14.0. The zero-order chi connectivity index (χ0) is 20.4. The highest BCUT2D eigenvalue weighted by atomic mass is 16.5. The van der Waals surface area contributed by atoms with Crippen molar-refractivity contribution in [2.45, 2.75) is 57.7 Å². The van der Waals surface area contributed by atoms with Crippen LogP contribution in [0, 0.1) is 5.92 Å². The van der Waals surface area contributed by atoms with Gasteiger partial charge in [0.15, 0.2) is 0 Å². The third-order valence-electron chi connectivity index (χ3n) is 6.72. The molecule has 6 nitrogen and oxygen atoms in total. The molecule has 3 aliphatic heterocycles. The first-order valence-corrected chi connectivity index (χ1v) is 11.1. The van der Waals surface area contributed by atoms with Gasteiger partial charge in [-0.3, -0.25) is 14.5 Å². The van der Waals surface area contributed by atoms with Crippen LogP contribution in [0.25, 0.3) is 0 Å². The minimum Gasteiger partial charge on any atom is -0.487 e. The fourth-order valence-electron chi connectivity index (χ4n) is 5.05.